The summed E-state index contributed by atoms with van der Waals surface area (Å²) in [6.45, 7) is 3.06. The van der Waals surface area contributed by atoms with E-state index in [2.05, 4.69) is 6.92 Å². The molecule has 0 spiro atoms. The van der Waals surface area contributed by atoms with Gasteiger partial charge in [-0.3, -0.25) is 9.59 Å². The molecule has 2 amide bonds. The molecule has 3 aromatic rings. The number of amides is 2. The van der Waals surface area contributed by atoms with Gasteiger partial charge in [-0.1, -0.05) is 48.3 Å². The Bertz CT molecular complexity index is 1540. The average molecular weight is 621 g/mol. The third-order valence-corrected chi connectivity index (χ3v) is 10.4. The van der Waals surface area contributed by atoms with Gasteiger partial charge in [0.25, 0.3) is 11.8 Å². The van der Waals surface area contributed by atoms with Crippen LogP contribution in [0, 0.1) is 5.92 Å². The van der Waals surface area contributed by atoms with Crippen LogP contribution in [0.4, 0.5) is 0 Å². The van der Waals surface area contributed by atoms with Crippen molar-refractivity contribution in [3.05, 3.63) is 81.7 Å². The van der Waals surface area contributed by atoms with Crippen LogP contribution in [-0.2, 0) is 10.0 Å². The molecule has 0 N–H and O–H groups in total. The zero-order chi connectivity index (χ0) is 29.3. The van der Waals surface area contributed by atoms with Crippen molar-refractivity contribution in [1.82, 2.24) is 14.1 Å². The first-order chi connectivity index (χ1) is 19.6. The number of likely N-dealkylation sites (tertiary alicyclic amines) is 1. The number of sulfonamides is 1. The van der Waals surface area contributed by atoms with Crippen molar-refractivity contribution < 1.29 is 27.2 Å². The molecule has 2 fully saturated rings. The van der Waals surface area contributed by atoms with Crippen molar-refractivity contribution in [3.63, 3.8) is 0 Å². The molecule has 9 nitrogen and oxygen atoms in total. The van der Waals surface area contributed by atoms with E-state index in [1.807, 2.05) is 24.3 Å². The highest BCUT2D eigenvalue weighted by molar-refractivity contribution is 7.89. The van der Waals surface area contributed by atoms with Crippen LogP contribution in [0.3, 0.4) is 0 Å². The topological polar surface area (TPSA) is 100 Å². The van der Waals surface area contributed by atoms with Gasteiger partial charge in [-0.2, -0.15) is 4.31 Å². The number of rotatable bonds is 6. The molecule has 1 aromatic heterocycles. The minimum Gasteiger partial charge on any atom is -0.496 e. The number of nitrogens with zero attached hydrogens (tertiary/aromatic N) is 3. The van der Waals surface area contributed by atoms with E-state index in [1.54, 1.807) is 29.0 Å². The van der Waals surface area contributed by atoms with Gasteiger partial charge < -0.3 is 19.0 Å². The van der Waals surface area contributed by atoms with Gasteiger partial charge in [0, 0.05) is 38.3 Å². The molecule has 218 valence electrons. The fourth-order valence-corrected chi connectivity index (χ4v) is 7.77. The van der Waals surface area contributed by atoms with Crippen molar-refractivity contribution >= 4 is 45.0 Å². The van der Waals surface area contributed by atoms with Gasteiger partial charge >= 0.3 is 0 Å². The van der Waals surface area contributed by atoms with Crippen LogP contribution in [0.5, 0.6) is 5.75 Å². The van der Waals surface area contributed by atoms with Gasteiger partial charge in [0.05, 0.1) is 35.0 Å². The van der Waals surface area contributed by atoms with E-state index in [9.17, 15) is 18.0 Å². The van der Waals surface area contributed by atoms with Gasteiger partial charge in [-0.15, -0.1) is 0 Å². The van der Waals surface area contributed by atoms with E-state index in [0.717, 1.165) is 18.4 Å². The zero-order valence-electron chi connectivity index (χ0n) is 22.8. The van der Waals surface area contributed by atoms with Crippen molar-refractivity contribution in [2.24, 2.45) is 5.92 Å². The zero-order valence-corrected chi connectivity index (χ0v) is 25.1. The minimum absolute atomic E-state index is 0.0651. The fourth-order valence-electron chi connectivity index (χ4n) is 5.51. The first-order valence-electron chi connectivity index (χ1n) is 13.4. The van der Waals surface area contributed by atoms with Crippen LogP contribution in [0.15, 0.2) is 64.1 Å². The monoisotopic (exact) mass is 619 g/mol. The summed E-state index contributed by atoms with van der Waals surface area (Å²) in [5.41, 5.74) is 0.949. The molecule has 0 radical (unpaired) electrons. The van der Waals surface area contributed by atoms with E-state index in [0.29, 0.717) is 12.3 Å². The summed E-state index contributed by atoms with van der Waals surface area (Å²) in [5, 5.41) is -0.00116. The molecule has 2 atom stereocenters. The quantitative estimate of drug-likeness (QED) is 0.368. The summed E-state index contributed by atoms with van der Waals surface area (Å²) in [6.07, 6.45) is 3.07. The number of halogens is 2. The van der Waals surface area contributed by atoms with Crippen molar-refractivity contribution in [2.75, 3.05) is 39.8 Å². The lowest BCUT2D eigenvalue weighted by Gasteiger charge is -2.39. The highest BCUT2D eigenvalue weighted by Crippen LogP contribution is 2.40. The van der Waals surface area contributed by atoms with E-state index in [4.69, 9.17) is 32.4 Å². The largest absolute Gasteiger partial charge is 0.496 e. The molecular weight excluding hydrogens is 589 g/mol. The Labute approximate surface area is 249 Å². The molecular formula is C29H31Cl2N3O6S. The number of carbonyl (C=O) groups is 2. The molecule has 12 heteroatoms. The summed E-state index contributed by atoms with van der Waals surface area (Å²) >= 11 is 12.9. The number of hydrogen-bond donors (Lipinski definition) is 0. The van der Waals surface area contributed by atoms with E-state index in [-0.39, 0.29) is 76.2 Å². The Kier molecular flexibility index (Phi) is 8.65. The Morgan fingerprint density at radius 3 is 2.37 bits per heavy atom. The molecule has 2 aromatic carbocycles. The second-order valence-electron chi connectivity index (χ2n) is 10.3. The van der Waals surface area contributed by atoms with Crippen LogP contribution < -0.4 is 4.74 Å². The average Bonchev–Trinajstić information content (AvgIpc) is 3.52. The Morgan fingerprint density at radius 1 is 0.951 bits per heavy atom. The van der Waals surface area contributed by atoms with Crippen molar-refractivity contribution in [3.8, 4) is 5.75 Å². The highest BCUT2D eigenvalue weighted by Gasteiger charge is 2.37. The summed E-state index contributed by atoms with van der Waals surface area (Å²) in [7, 11) is -2.50. The smallest absolute Gasteiger partial charge is 0.289 e. The molecule has 3 heterocycles. The van der Waals surface area contributed by atoms with E-state index >= 15 is 0 Å². The number of carbonyl (C=O) groups excluding carboxylic acids is 2. The van der Waals surface area contributed by atoms with Crippen molar-refractivity contribution in [2.45, 2.75) is 30.7 Å². The van der Waals surface area contributed by atoms with Crippen LogP contribution in [-0.4, -0.2) is 74.2 Å². The maximum atomic E-state index is 14.0. The molecule has 2 saturated heterocycles. The predicted octanol–water partition coefficient (Wildman–Crippen LogP) is 5.36. The van der Waals surface area contributed by atoms with E-state index < -0.39 is 10.0 Å². The number of piperidine rings is 1. The van der Waals surface area contributed by atoms with Gasteiger partial charge in [-0.05, 0) is 49.1 Å². The Hall–Kier alpha value is -3.05. The summed E-state index contributed by atoms with van der Waals surface area (Å²) in [6, 6.07) is 13.1. The number of methoxy groups -OCH3 is 1. The van der Waals surface area contributed by atoms with Gasteiger partial charge in [-0.25, -0.2) is 8.42 Å². The second-order valence-corrected chi connectivity index (χ2v) is 13.1. The number of piperazine rings is 1. The highest BCUT2D eigenvalue weighted by atomic mass is 35.5. The molecule has 0 aliphatic carbocycles. The first kappa shape index (κ1) is 29.4. The van der Waals surface area contributed by atoms with Gasteiger partial charge in [0.15, 0.2) is 5.76 Å². The number of ether oxygens (including phenoxy) is 1. The third-order valence-electron chi connectivity index (χ3n) is 7.70. The van der Waals surface area contributed by atoms with Crippen molar-refractivity contribution in [1.29, 1.82) is 0 Å². The molecule has 5 rings (SSSR count). The number of para-hydroxylation sites is 1. The lowest BCUT2D eigenvalue weighted by atomic mass is 9.89. The molecule has 0 saturated carbocycles. The third kappa shape index (κ3) is 5.83. The number of benzene rings is 2. The van der Waals surface area contributed by atoms with Gasteiger partial charge in [0.2, 0.25) is 10.0 Å². The lowest BCUT2D eigenvalue weighted by molar-refractivity contribution is 0.0540. The molecule has 41 heavy (non-hydrogen) atoms. The summed E-state index contributed by atoms with van der Waals surface area (Å²) in [5.74, 6) is 0.451. The molecule has 2 unspecified atom stereocenters. The Balaban J connectivity index is 1.42. The maximum Gasteiger partial charge on any atom is 0.289 e. The van der Waals surface area contributed by atoms with Crippen LogP contribution in [0.2, 0.25) is 10.0 Å². The maximum absolute atomic E-state index is 14.0. The number of hydrogen-bond acceptors (Lipinski definition) is 6. The first-order valence-corrected chi connectivity index (χ1v) is 15.6. The number of furan rings is 1. The fraction of sp³-hybridized carbons (Fsp3) is 0.379. The molecule has 2 aliphatic rings. The standard InChI is InChI=1S/C29H31Cl2N3O6S/c1-19-9-10-24(20-6-3-4-7-25(20)39-2)34(18-19)28(35)21-16-27(23(31)17-22(21)30)41(37,38)33-13-11-32(12-14-33)29(36)26-8-5-15-40-26/h3-8,15-17,19,24H,9-14,18H2,1-2H3. The Morgan fingerprint density at radius 2 is 1.68 bits per heavy atom. The molecule has 0 bridgehead atoms. The molecule has 2 aliphatic heterocycles. The predicted molar refractivity (Wildman–Crippen MR) is 155 cm³/mol. The van der Waals surface area contributed by atoms with E-state index in [1.165, 1.54) is 22.7 Å². The SMILES string of the molecule is COc1ccccc1C1CCC(C)CN1C(=O)c1cc(S(=O)(=O)N2CCN(C(=O)c3ccco3)CC2)c(Cl)cc1Cl. The van der Waals surface area contributed by atoms with Crippen LogP contribution in [0.1, 0.15) is 52.3 Å². The second kappa shape index (κ2) is 12.1. The normalized spacial score (nSPS) is 20.2. The van der Waals surface area contributed by atoms with Crippen LogP contribution in [0.25, 0.3) is 0 Å². The minimum atomic E-state index is -4.10. The lowest BCUT2D eigenvalue weighted by Crippen LogP contribution is -2.50. The summed E-state index contributed by atoms with van der Waals surface area (Å²) < 4.78 is 39.5. The van der Waals surface area contributed by atoms with Gasteiger partial charge in [0.1, 0.15) is 10.6 Å². The summed E-state index contributed by atoms with van der Waals surface area (Å²) in [4.78, 5) is 29.8. The van der Waals surface area contributed by atoms with Crippen LogP contribution >= 0.6 is 23.2 Å².